The predicted molar refractivity (Wildman–Crippen MR) is 172 cm³/mol. The van der Waals surface area contributed by atoms with E-state index in [9.17, 15) is 28.8 Å². The van der Waals surface area contributed by atoms with Crippen LogP contribution in [0, 0.1) is 23.1 Å². The number of hydrogen-bond acceptors (Lipinski definition) is 7. The number of benzene rings is 3. The average Bonchev–Trinajstić information content (AvgIpc) is 3.61. The number of nitriles is 1. The van der Waals surface area contributed by atoms with Crippen LogP contribution < -0.4 is 22.5 Å². The van der Waals surface area contributed by atoms with Gasteiger partial charge in [-0.1, -0.05) is 12.1 Å². The van der Waals surface area contributed by atoms with Crippen molar-refractivity contribution in [1.29, 1.82) is 5.26 Å². The lowest BCUT2D eigenvalue weighted by Gasteiger charge is -2.35. The molecule has 3 aliphatic rings. The Hall–Kier alpha value is -5.61. The Morgan fingerprint density at radius 2 is 1.60 bits per heavy atom. The molecule has 2 aliphatic carbocycles. The van der Waals surface area contributed by atoms with Gasteiger partial charge in [0.15, 0.2) is 0 Å². The highest BCUT2D eigenvalue weighted by molar-refractivity contribution is 5.94. The van der Waals surface area contributed by atoms with Crippen LogP contribution in [0.25, 0.3) is 5.69 Å². The molecule has 2 fully saturated rings. The van der Waals surface area contributed by atoms with Gasteiger partial charge in [0.1, 0.15) is 17.7 Å². The minimum atomic E-state index is -1.15. The number of nitrogens with zero attached hydrogens (tertiary/aromatic N) is 4. The van der Waals surface area contributed by atoms with Crippen molar-refractivity contribution < 1.29 is 18.8 Å². The van der Waals surface area contributed by atoms with E-state index in [-0.39, 0.29) is 37.3 Å². The molecule has 1 aromatic heterocycles. The summed E-state index contributed by atoms with van der Waals surface area (Å²) in [5.41, 5.74) is 13.7. The van der Waals surface area contributed by atoms with Gasteiger partial charge in [-0.3, -0.25) is 19.4 Å². The Morgan fingerprint density at radius 1 is 0.979 bits per heavy atom. The number of nitrogens with two attached hydrogens (primary N) is 2. The topological polar surface area (TPSA) is 193 Å². The number of halogens is 1. The first kappa shape index (κ1) is 31.0. The lowest BCUT2D eigenvalue weighted by Crippen LogP contribution is -2.44. The fourth-order valence-corrected chi connectivity index (χ4v) is 7.56. The van der Waals surface area contributed by atoms with Crippen molar-refractivity contribution >= 4 is 17.7 Å². The van der Waals surface area contributed by atoms with Crippen LogP contribution >= 0.6 is 0 Å². The molecule has 48 heavy (non-hydrogen) atoms. The van der Waals surface area contributed by atoms with Crippen LogP contribution in [0.3, 0.4) is 0 Å². The van der Waals surface area contributed by atoms with Crippen LogP contribution in [0.15, 0.2) is 65.5 Å². The quantitative estimate of drug-likeness (QED) is 0.199. The van der Waals surface area contributed by atoms with Gasteiger partial charge in [-0.15, -0.1) is 5.10 Å². The molecule has 1 saturated carbocycles. The molecule has 4 aromatic rings. The van der Waals surface area contributed by atoms with E-state index in [1.807, 2.05) is 12.1 Å². The monoisotopic (exact) mass is 648 g/mol. The molecular weight excluding hydrogens is 615 g/mol. The number of rotatable bonds is 9. The number of carbonyl (C=O) groups excluding carboxylic acids is 3. The summed E-state index contributed by atoms with van der Waals surface area (Å²) in [6.45, 7) is 0.295. The first-order chi connectivity index (χ1) is 23.1. The molecule has 0 unspecified atom stereocenters. The van der Waals surface area contributed by atoms with E-state index in [2.05, 4.69) is 16.4 Å². The normalized spacial score (nSPS) is 20.2. The third-order valence-electron chi connectivity index (χ3n) is 9.95. The molecule has 7 rings (SSSR count). The fraction of sp³-hybridized carbons (Fsp3) is 0.314. The van der Waals surface area contributed by atoms with Crippen LogP contribution in [0.4, 0.5) is 4.39 Å². The van der Waals surface area contributed by atoms with Gasteiger partial charge in [-0.2, -0.15) is 9.94 Å². The second-order valence-corrected chi connectivity index (χ2v) is 12.7. The Bertz CT molecular complexity index is 2000. The van der Waals surface area contributed by atoms with Crippen LogP contribution in [0.5, 0.6) is 0 Å². The number of piperidine rings is 1. The minimum absolute atomic E-state index is 0.0129. The molecule has 3 aromatic carbocycles. The number of aromatic nitrogens is 3. The molecule has 13 heteroatoms. The van der Waals surface area contributed by atoms with Gasteiger partial charge in [0.2, 0.25) is 17.7 Å². The number of nitrogens with one attached hydrogen (secondary N) is 2. The van der Waals surface area contributed by atoms with E-state index in [1.54, 1.807) is 29.2 Å². The van der Waals surface area contributed by atoms with E-state index in [0.717, 1.165) is 33.4 Å². The molecule has 12 nitrogen and oxygen atoms in total. The van der Waals surface area contributed by atoms with Crippen molar-refractivity contribution in [2.45, 2.75) is 49.6 Å². The fourth-order valence-electron chi connectivity index (χ4n) is 7.56. The van der Waals surface area contributed by atoms with Gasteiger partial charge in [-0.25, -0.2) is 9.18 Å². The maximum atomic E-state index is 13.8. The Kier molecular flexibility index (Phi) is 7.68. The Balaban J connectivity index is 1.34. The zero-order chi connectivity index (χ0) is 33.7. The van der Waals surface area contributed by atoms with Crippen LogP contribution in [0.1, 0.15) is 68.1 Å². The summed E-state index contributed by atoms with van der Waals surface area (Å²) in [5.74, 6) is -1.12. The number of carbonyl (C=O) groups is 3. The first-order valence-electron chi connectivity index (χ1n) is 15.8. The minimum Gasteiger partial charge on any atom is -0.366 e. The molecular formula is C35H33FN8O4. The van der Waals surface area contributed by atoms with Crippen molar-refractivity contribution in [2.75, 3.05) is 13.1 Å². The number of aromatic amines is 1. The standard InChI is InChI=1S/C35H33FN8O4/c36-24-5-7-25(8-6-24)44-34(48)41-33(42-44)35(11-12-40-18-30(45)43-26(17-37)15-23-16-29(23)43)27-9-3-21(31(38)46)13-19(27)1-2-20-14-22(32(39)47)4-10-28(20)35/h3-10,13-14,23,26,29,40H,1-2,11-12,15-16,18H2,(H2,38,46)(H2,39,47)(H,41,42,48)/t23-,26+,29+/m1/s1. The van der Waals surface area contributed by atoms with E-state index in [4.69, 9.17) is 16.6 Å². The summed E-state index contributed by atoms with van der Waals surface area (Å²) in [6, 6.07) is 17.7. The molecule has 0 bridgehead atoms. The number of aryl methyl sites for hydroxylation is 2. The molecule has 0 radical (unpaired) electrons. The summed E-state index contributed by atoms with van der Waals surface area (Å²) in [5, 5.41) is 17.6. The molecule has 1 aliphatic heterocycles. The van der Waals surface area contributed by atoms with Crippen LogP contribution in [-0.2, 0) is 23.1 Å². The summed E-state index contributed by atoms with van der Waals surface area (Å²) < 4.78 is 14.9. The number of likely N-dealkylation sites (tertiary alicyclic amines) is 1. The van der Waals surface area contributed by atoms with Gasteiger partial charge < -0.3 is 21.7 Å². The maximum Gasteiger partial charge on any atom is 0.348 e. The molecule has 3 amide bonds. The summed E-state index contributed by atoms with van der Waals surface area (Å²) in [7, 11) is 0. The van der Waals surface area contributed by atoms with Gasteiger partial charge in [-0.05, 0) is 115 Å². The van der Waals surface area contributed by atoms with Gasteiger partial charge >= 0.3 is 5.69 Å². The van der Waals surface area contributed by atoms with E-state index in [1.165, 1.54) is 24.3 Å². The number of primary amides is 2. The van der Waals surface area contributed by atoms with Crippen LogP contribution in [0.2, 0.25) is 0 Å². The lowest BCUT2D eigenvalue weighted by atomic mass is 9.69. The number of fused-ring (bicyclic) bond motifs is 3. The number of hydrogen-bond donors (Lipinski definition) is 4. The van der Waals surface area contributed by atoms with Crippen molar-refractivity contribution in [3.63, 3.8) is 0 Å². The van der Waals surface area contributed by atoms with Crippen molar-refractivity contribution in [1.82, 2.24) is 25.0 Å². The first-order valence-corrected chi connectivity index (χ1v) is 15.8. The van der Waals surface area contributed by atoms with Crippen molar-refractivity contribution in [2.24, 2.45) is 17.4 Å². The second kappa shape index (κ2) is 11.9. The van der Waals surface area contributed by atoms with Gasteiger partial charge in [0, 0.05) is 17.2 Å². The predicted octanol–water partition coefficient (Wildman–Crippen LogP) is 1.82. The second-order valence-electron chi connectivity index (χ2n) is 12.7. The highest BCUT2D eigenvalue weighted by Gasteiger charge is 2.54. The summed E-state index contributed by atoms with van der Waals surface area (Å²) >= 11 is 0. The highest BCUT2D eigenvalue weighted by Crippen LogP contribution is 2.48. The lowest BCUT2D eigenvalue weighted by molar-refractivity contribution is -0.131. The Labute approximate surface area is 274 Å². The largest absolute Gasteiger partial charge is 0.366 e. The third kappa shape index (κ3) is 5.24. The summed E-state index contributed by atoms with van der Waals surface area (Å²) in [6.07, 6.45) is 2.88. The Morgan fingerprint density at radius 3 is 2.19 bits per heavy atom. The molecule has 6 N–H and O–H groups in total. The molecule has 1 saturated heterocycles. The zero-order valence-corrected chi connectivity index (χ0v) is 25.9. The molecule has 244 valence electrons. The van der Waals surface area contributed by atoms with Crippen molar-refractivity contribution in [3.8, 4) is 11.8 Å². The maximum absolute atomic E-state index is 13.8. The highest BCUT2D eigenvalue weighted by atomic mass is 19.1. The molecule has 3 atom stereocenters. The third-order valence-corrected chi connectivity index (χ3v) is 9.95. The zero-order valence-electron chi connectivity index (χ0n) is 25.9. The van der Waals surface area contributed by atoms with Crippen LogP contribution in [-0.4, -0.2) is 62.6 Å². The average molecular weight is 649 g/mol. The van der Waals surface area contributed by atoms with E-state index >= 15 is 0 Å². The van der Waals surface area contributed by atoms with Crippen molar-refractivity contribution in [3.05, 3.63) is 116 Å². The smallest absolute Gasteiger partial charge is 0.348 e. The van der Waals surface area contributed by atoms with E-state index in [0.29, 0.717) is 42.0 Å². The SMILES string of the molecule is N#C[C@@H]1C[C@@H]2C[C@@H]2N1C(=O)CNCCC1(c2nn(-c3ccc(F)cc3)c(=O)[nH]2)c2ccc(C(N)=O)cc2CCc2cc(C(N)=O)ccc21. The van der Waals surface area contributed by atoms with E-state index < -0.39 is 34.8 Å². The molecule has 2 heterocycles. The van der Waals surface area contributed by atoms with Gasteiger partial charge in [0.05, 0.1) is 23.7 Å². The summed E-state index contributed by atoms with van der Waals surface area (Å²) in [4.78, 5) is 55.9. The molecule has 0 spiro atoms. The number of amides is 3. The number of H-pyrrole nitrogens is 1. The van der Waals surface area contributed by atoms with Gasteiger partial charge in [0.25, 0.3) is 0 Å².